The van der Waals surface area contributed by atoms with Crippen LogP contribution in [0.2, 0.25) is 0 Å². The lowest BCUT2D eigenvalue weighted by molar-refractivity contribution is -0.134. The highest BCUT2D eigenvalue weighted by atomic mass is 19.1. The Bertz CT molecular complexity index is 2710. The van der Waals surface area contributed by atoms with Gasteiger partial charge in [-0.1, -0.05) is 42.4 Å². The van der Waals surface area contributed by atoms with Crippen LogP contribution in [0.3, 0.4) is 0 Å². The maximum Gasteiger partial charge on any atom is 0.315 e. The predicted octanol–water partition coefficient (Wildman–Crippen LogP) is 6.75. The van der Waals surface area contributed by atoms with Crippen molar-refractivity contribution in [2.75, 3.05) is 38.2 Å². The number of aromatic amines is 1. The van der Waals surface area contributed by atoms with Crippen molar-refractivity contribution >= 4 is 45.3 Å². The Kier molecular flexibility index (Phi) is 9.61. The molecule has 0 unspecified atom stereocenters. The molecule has 0 bridgehead atoms. The molecule has 6 aromatic rings. The van der Waals surface area contributed by atoms with Gasteiger partial charge in [-0.05, 0) is 92.3 Å². The molecule has 4 aliphatic rings. The lowest BCUT2D eigenvalue weighted by Gasteiger charge is -2.47. The van der Waals surface area contributed by atoms with Gasteiger partial charge in [0.15, 0.2) is 5.82 Å². The topological polar surface area (TPSA) is 171 Å². The van der Waals surface area contributed by atoms with Gasteiger partial charge >= 0.3 is 11.8 Å². The number of hydrogen-bond acceptors (Lipinski definition) is 11. The summed E-state index contributed by atoms with van der Waals surface area (Å²) in [6.07, 6.45) is 6.50. The minimum atomic E-state index is -0.533. The second kappa shape index (κ2) is 15.0. The highest BCUT2D eigenvalue weighted by Crippen LogP contribution is 2.46. The summed E-state index contributed by atoms with van der Waals surface area (Å²) in [6.45, 7) is 9.10. The number of piperazine rings is 1. The molecule has 3 amide bonds. The van der Waals surface area contributed by atoms with E-state index in [1.54, 1.807) is 27.0 Å². The number of nitrogens with zero attached hydrogens (tertiary/aromatic N) is 6. The molecule has 3 aromatic carbocycles. The summed E-state index contributed by atoms with van der Waals surface area (Å²) in [5.74, 6) is 0.0527. The molecule has 0 radical (unpaired) electrons. The number of benzene rings is 3. The van der Waals surface area contributed by atoms with Crippen molar-refractivity contribution in [2.45, 2.75) is 88.6 Å². The fraction of sp³-hybridized carbons (Fsp3) is 0.413. The first-order chi connectivity index (χ1) is 29.5. The molecule has 314 valence electrons. The molecule has 10 rings (SSSR count). The molecule has 3 N–H and O–H groups in total. The second-order valence-corrected chi connectivity index (χ2v) is 17.5. The second-order valence-electron chi connectivity index (χ2n) is 17.5. The van der Waals surface area contributed by atoms with Crippen molar-refractivity contribution in [3.05, 3.63) is 94.6 Å². The van der Waals surface area contributed by atoms with Crippen LogP contribution in [-0.4, -0.2) is 87.0 Å². The number of aromatic nitrogens is 5. The van der Waals surface area contributed by atoms with Gasteiger partial charge in [-0.3, -0.25) is 24.6 Å². The van der Waals surface area contributed by atoms with Crippen LogP contribution >= 0.6 is 0 Å². The summed E-state index contributed by atoms with van der Waals surface area (Å²) in [5.41, 5.74) is 6.37. The number of rotatable bonds is 10. The first-order valence-electron chi connectivity index (χ1n) is 21.2. The van der Waals surface area contributed by atoms with E-state index in [2.05, 4.69) is 75.9 Å². The molecule has 0 spiro atoms. The van der Waals surface area contributed by atoms with Crippen molar-refractivity contribution < 1.29 is 28.0 Å². The number of fused-ring (bicyclic) bond motifs is 3. The predicted molar refractivity (Wildman–Crippen MR) is 226 cm³/mol. The van der Waals surface area contributed by atoms with E-state index in [1.807, 2.05) is 19.1 Å². The number of halogens is 1. The number of H-pyrrole nitrogens is 1. The van der Waals surface area contributed by atoms with Gasteiger partial charge in [0.1, 0.15) is 23.5 Å². The third-order valence-electron chi connectivity index (χ3n) is 13.7. The first kappa shape index (κ1) is 38.9. The third-order valence-corrected chi connectivity index (χ3v) is 13.7. The van der Waals surface area contributed by atoms with E-state index in [0.29, 0.717) is 64.0 Å². The summed E-state index contributed by atoms with van der Waals surface area (Å²) in [4.78, 5) is 58.8. The molecule has 5 heterocycles. The van der Waals surface area contributed by atoms with E-state index < -0.39 is 17.8 Å². The third kappa shape index (κ3) is 6.98. The Morgan fingerprint density at radius 3 is 2.51 bits per heavy atom. The van der Waals surface area contributed by atoms with E-state index in [9.17, 15) is 14.4 Å². The number of hydrogen-bond donors (Lipinski definition) is 3. The van der Waals surface area contributed by atoms with Crippen molar-refractivity contribution in [1.82, 2.24) is 40.6 Å². The smallest absolute Gasteiger partial charge is 0.315 e. The average Bonchev–Trinajstić information content (AvgIpc) is 3.61. The van der Waals surface area contributed by atoms with Crippen LogP contribution in [0.1, 0.15) is 109 Å². The molecule has 2 saturated carbocycles. The van der Waals surface area contributed by atoms with Crippen molar-refractivity contribution in [2.24, 2.45) is 0 Å². The van der Waals surface area contributed by atoms with E-state index in [-0.39, 0.29) is 29.0 Å². The van der Waals surface area contributed by atoms with E-state index >= 15 is 4.39 Å². The van der Waals surface area contributed by atoms with Crippen molar-refractivity contribution in [3.8, 4) is 17.0 Å². The lowest BCUT2D eigenvalue weighted by atomic mass is 9.74. The van der Waals surface area contributed by atoms with Crippen LogP contribution < -0.4 is 20.3 Å². The fourth-order valence-corrected chi connectivity index (χ4v) is 9.51. The minimum absolute atomic E-state index is 0.106. The Labute approximate surface area is 351 Å². The van der Waals surface area contributed by atoms with Gasteiger partial charge in [0.05, 0.1) is 41.4 Å². The fourth-order valence-electron chi connectivity index (χ4n) is 9.51. The van der Waals surface area contributed by atoms with E-state index in [4.69, 9.17) is 9.26 Å². The molecule has 15 heteroatoms. The molecular formula is C46H48FN9O5. The number of amides is 3. The van der Waals surface area contributed by atoms with Gasteiger partial charge in [0.2, 0.25) is 11.8 Å². The number of nitrogens with one attached hydrogen (secondary N) is 3. The number of piperidine rings is 1. The largest absolute Gasteiger partial charge is 0.495 e. The molecule has 2 saturated heterocycles. The standard InChI is InChI=1S/C46H48FN9O5/c1-24-30(25(2)50-43(59)44-53-45(54-61-44)46(3)13-14-46)9-10-32(39(24)47)40-38-33-21-36(60-4)35(22-34(33)51-41(38)49-23-48-40)56-17-15-55(16-18-56)29-19-28(20-29)26-5-7-27(8-6-26)31-11-12-37(57)52-42(31)58/h5-10,21-23,25,28-29,31H,11-20H2,1-4H3,(H,50,59)(H,48,49,51)(H,52,57,58)/t25-,28?,29?,31-/m1/s1. The molecule has 61 heavy (non-hydrogen) atoms. The van der Waals surface area contributed by atoms with Crippen LogP contribution in [-0.2, 0) is 15.0 Å². The summed E-state index contributed by atoms with van der Waals surface area (Å²) < 4.78 is 27.7. The molecule has 3 aromatic heterocycles. The van der Waals surface area contributed by atoms with Gasteiger partial charge in [-0.15, -0.1) is 0 Å². The van der Waals surface area contributed by atoms with Crippen LogP contribution in [0.5, 0.6) is 5.75 Å². The van der Waals surface area contributed by atoms with Gasteiger partial charge < -0.3 is 24.5 Å². The minimum Gasteiger partial charge on any atom is -0.495 e. The number of imide groups is 1. The first-order valence-corrected chi connectivity index (χ1v) is 21.2. The number of anilines is 1. The highest BCUT2D eigenvalue weighted by molar-refractivity contribution is 6.13. The van der Waals surface area contributed by atoms with Crippen LogP contribution in [0.4, 0.5) is 10.1 Å². The summed E-state index contributed by atoms with van der Waals surface area (Å²) in [7, 11) is 1.67. The molecule has 14 nitrogen and oxygen atoms in total. The van der Waals surface area contributed by atoms with E-state index in [0.717, 1.165) is 79.8 Å². The monoisotopic (exact) mass is 825 g/mol. The van der Waals surface area contributed by atoms with Crippen molar-refractivity contribution in [3.63, 3.8) is 0 Å². The van der Waals surface area contributed by atoms with Gasteiger partial charge in [-0.25, -0.2) is 14.4 Å². The van der Waals surface area contributed by atoms with E-state index in [1.165, 1.54) is 11.9 Å². The summed E-state index contributed by atoms with van der Waals surface area (Å²) >= 11 is 0. The Balaban J connectivity index is 0.817. The zero-order valence-electron chi connectivity index (χ0n) is 34.7. The SMILES string of the molecule is COc1cc2c(cc1N1CCN(C3CC(c4ccc([C@H]5CCC(=O)NC5=O)cc4)C3)CC1)[nH]c1ncnc(-c3ccc([C@@H](C)NC(=O)c4nc(C5(C)CC5)no4)c(C)c3F)c12. The zero-order chi connectivity index (χ0) is 42.2. The molecule has 4 fully saturated rings. The maximum absolute atomic E-state index is 16.4. The number of methoxy groups -OCH3 is 1. The maximum atomic E-state index is 16.4. The van der Waals surface area contributed by atoms with Crippen LogP contribution in [0.25, 0.3) is 33.2 Å². The normalized spacial score (nSPS) is 21.9. The molecule has 2 atom stereocenters. The van der Waals surface area contributed by atoms with Crippen LogP contribution in [0.15, 0.2) is 59.4 Å². The summed E-state index contributed by atoms with van der Waals surface area (Å²) in [6, 6.07) is 16.0. The summed E-state index contributed by atoms with van der Waals surface area (Å²) in [5, 5.41) is 10.9. The van der Waals surface area contributed by atoms with Gasteiger partial charge in [0, 0.05) is 55.0 Å². The average molecular weight is 826 g/mol. The Morgan fingerprint density at radius 2 is 1.79 bits per heavy atom. The number of carbonyl (C=O) groups is 3. The molecular weight excluding hydrogens is 778 g/mol. The zero-order valence-corrected chi connectivity index (χ0v) is 34.7. The van der Waals surface area contributed by atoms with Gasteiger partial charge in [0.25, 0.3) is 0 Å². The Hall–Kier alpha value is -6.22. The Morgan fingerprint density at radius 1 is 1.03 bits per heavy atom. The van der Waals surface area contributed by atoms with Crippen LogP contribution in [0, 0.1) is 12.7 Å². The number of ether oxygens (including phenoxy) is 1. The lowest BCUT2D eigenvalue weighted by Crippen LogP contribution is -2.53. The number of carbonyl (C=O) groups excluding carboxylic acids is 3. The molecule has 2 aliphatic heterocycles. The quantitative estimate of drug-likeness (QED) is 0.125. The highest BCUT2D eigenvalue weighted by Gasteiger charge is 2.44. The molecule has 2 aliphatic carbocycles. The van der Waals surface area contributed by atoms with Crippen molar-refractivity contribution in [1.29, 1.82) is 0 Å². The van der Waals surface area contributed by atoms with Gasteiger partial charge in [-0.2, -0.15) is 4.98 Å².